The van der Waals surface area contributed by atoms with E-state index < -0.39 is 34.1 Å². The highest BCUT2D eigenvalue weighted by Gasteiger charge is 2.34. The molecule has 3 aromatic rings. The van der Waals surface area contributed by atoms with Crippen LogP contribution < -0.4 is 9.62 Å². The molecule has 7 nitrogen and oxygen atoms in total. The third-order valence-corrected chi connectivity index (χ3v) is 7.71. The van der Waals surface area contributed by atoms with Gasteiger partial charge in [0.1, 0.15) is 12.6 Å². The van der Waals surface area contributed by atoms with Gasteiger partial charge in [-0.25, -0.2) is 8.42 Å². The van der Waals surface area contributed by atoms with Crippen LogP contribution in [0.1, 0.15) is 43.0 Å². The molecule has 0 radical (unpaired) electrons. The summed E-state index contributed by atoms with van der Waals surface area (Å²) >= 11 is 6.10. The maximum absolute atomic E-state index is 14.1. The molecule has 0 fully saturated rings. The molecule has 3 aromatic carbocycles. The third-order valence-electron chi connectivity index (χ3n) is 6.34. The second kappa shape index (κ2) is 12.9. The molecule has 0 aliphatic heterocycles. The summed E-state index contributed by atoms with van der Waals surface area (Å²) in [6.45, 7) is 9.00. The molecule has 3 rings (SSSR count). The molecular weight excluding hydrogens is 546 g/mol. The van der Waals surface area contributed by atoms with Gasteiger partial charge < -0.3 is 10.2 Å². The van der Waals surface area contributed by atoms with Crippen LogP contribution in [0.2, 0.25) is 5.02 Å². The first-order valence-electron chi connectivity index (χ1n) is 13.1. The Morgan fingerprint density at radius 3 is 2.10 bits per heavy atom. The first kappa shape index (κ1) is 31.2. The van der Waals surface area contributed by atoms with Crippen molar-refractivity contribution in [2.75, 3.05) is 17.1 Å². The fraction of sp³-hybridized carbons (Fsp3) is 0.355. The second-order valence-electron chi connectivity index (χ2n) is 11.2. The Morgan fingerprint density at radius 2 is 1.55 bits per heavy atom. The third kappa shape index (κ3) is 8.83. The SMILES string of the molecule is Cc1ccc(N(CC(=O)N(Cc2ccc(Cl)cc2)[C@@H](Cc2ccccc2)C(=O)NC(C)(C)C)S(C)(=O)=O)c(C)c1. The Balaban J connectivity index is 2.09. The predicted molar refractivity (Wildman–Crippen MR) is 162 cm³/mol. The lowest BCUT2D eigenvalue weighted by molar-refractivity contribution is -0.140. The van der Waals surface area contributed by atoms with Crippen molar-refractivity contribution in [2.24, 2.45) is 0 Å². The number of rotatable bonds is 10. The van der Waals surface area contributed by atoms with Gasteiger partial charge in [-0.2, -0.15) is 0 Å². The molecule has 0 aliphatic carbocycles. The van der Waals surface area contributed by atoms with E-state index in [1.54, 1.807) is 30.3 Å². The van der Waals surface area contributed by atoms with E-state index in [0.29, 0.717) is 10.7 Å². The van der Waals surface area contributed by atoms with Gasteiger partial charge in [0.2, 0.25) is 21.8 Å². The number of nitrogens with one attached hydrogen (secondary N) is 1. The fourth-order valence-electron chi connectivity index (χ4n) is 4.47. The van der Waals surface area contributed by atoms with Gasteiger partial charge in [0, 0.05) is 23.5 Å². The maximum atomic E-state index is 14.1. The normalized spacial score (nSPS) is 12.5. The Hall–Kier alpha value is -3.36. The Bertz CT molecular complexity index is 1440. The summed E-state index contributed by atoms with van der Waals surface area (Å²) in [6.07, 6.45) is 1.33. The molecule has 40 heavy (non-hydrogen) atoms. The summed E-state index contributed by atoms with van der Waals surface area (Å²) in [4.78, 5) is 29.3. The van der Waals surface area contributed by atoms with E-state index in [4.69, 9.17) is 11.6 Å². The number of aryl methyl sites for hydroxylation is 2. The molecule has 9 heteroatoms. The molecule has 214 valence electrons. The molecule has 0 bridgehead atoms. The van der Waals surface area contributed by atoms with Gasteiger partial charge >= 0.3 is 0 Å². The largest absolute Gasteiger partial charge is 0.350 e. The van der Waals surface area contributed by atoms with Crippen LogP contribution in [-0.4, -0.2) is 49.5 Å². The number of hydrogen-bond acceptors (Lipinski definition) is 4. The van der Waals surface area contributed by atoms with Crippen LogP contribution in [0.15, 0.2) is 72.8 Å². The first-order valence-corrected chi connectivity index (χ1v) is 15.3. The van der Waals surface area contributed by atoms with E-state index in [0.717, 1.165) is 32.8 Å². The Labute approximate surface area is 243 Å². The Kier molecular flexibility index (Phi) is 10.0. The summed E-state index contributed by atoms with van der Waals surface area (Å²) in [6, 6.07) is 21.0. The summed E-state index contributed by atoms with van der Waals surface area (Å²) in [7, 11) is -3.83. The molecular formula is C31H38ClN3O4S. The highest BCUT2D eigenvalue weighted by atomic mass is 35.5. The van der Waals surface area contributed by atoms with Crippen molar-refractivity contribution in [2.45, 2.75) is 59.2 Å². The zero-order valence-corrected chi connectivity index (χ0v) is 25.5. The molecule has 0 spiro atoms. The molecule has 0 saturated heterocycles. The van der Waals surface area contributed by atoms with E-state index in [1.165, 1.54) is 4.90 Å². The van der Waals surface area contributed by atoms with E-state index >= 15 is 0 Å². The highest BCUT2D eigenvalue weighted by Crippen LogP contribution is 2.25. The van der Waals surface area contributed by atoms with E-state index in [1.807, 2.05) is 77.1 Å². The lowest BCUT2D eigenvalue weighted by Gasteiger charge is -2.35. The standard InChI is InChI=1S/C31H38ClN3O4S/c1-22-12-17-27(23(2)18-22)35(40(6,38)39)21-29(36)34(20-25-13-15-26(32)16-14-25)28(30(37)33-31(3,4)5)19-24-10-8-7-9-11-24/h7-18,28H,19-21H2,1-6H3,(H,33,37)/t28-/m0/s1. The summed E-state index contributed by atoms with van der Waals surface area (Å²) in [5.74, 6) is -0.818. The average Bonchev–Trinajstić information content (AvgIpc) is 2.85. The lowest BCUT2D eigenvalue weighted by Crippen LogP contribution is -2.56. The van der Waals surface area contributed by atoms with Crippen molar-refractivity contribution < 1.29 is 18.0 Å². The van der Waals surface area contributed by atoms with Crippen molar-refractivity contribution in [3.8, 4) is 0 Å². The first-order chi connectivity index (χ1) is 18.6. The number of sulfonamides is 1. The number of nitrogens with zero attached hydrogens (tertiary/aromatic N) is 2. The van der Waals surface area contributed by atoms with E-state index in [-0.39, 0.29) is 18.9 Å². The molecule has 0 aliphatic rings. The van der Waals surface area contributed by atoms with Crippen LogP contribution in [0.4, 0.5) is 5.69 Å². The van der Waals surface area contributed by atoms with Gasteiger partial charge in [-0.3, -0.25) is 13.9 Å². The van der Waals surface area contributed by atoms with Gasteiger partial charge in [-0.1, -0.05) is 71.8 Å². The molecule has 2 amide bonds. The number of anilines is 1. The van der Waals surface area contributed by atoms with E-state index in [9.17, 15) is 18.0 Å². The molecule has 1 atom stereocenters. The highest BCUT2D eigenvalue weighted by molar-refractivity contribution is 7.92. The maximum Gasteiger partial charge on any atom is 0.244 e. The van der Waals surface area contributed by atoms with Crippen molar-refractivity contribution in [3.05, 3.63) is 100 Å². The number of halogens is 1. The van der Waals surface area contributed by atoms with Crippen molar-refractivity contribution >= 4 is 39.1 Å². The number of carbonyl (C=O) groups is 2. The average molecular weight is 584 g/mol. The minimum atomic E-state index is -3.83. The monoisotopic (exact) mass is 583 g/mol. The minimum absolute atomic E-state index is 0.0928. The summed E-state index contributed by atoms with van der Waals surface area (Å²) in [5, 5.41) is 3.56. The second-order valence-corrected chi connectivity index (χ2v) is 13.5. The molecule has 0 aromatic heterocycles. The van der Waals surface area contributed by atoms with Crippen LogP contribution in [-0.2, 0) is 32.6 Å². The smallest absolute Gasteiger partial charge is 0.244 e. The van der Waals surface area contributed by atoms with Gasteiger partial charge in [-0.05, 0) is 69.5 Å². The predicted octanol–water partition coefficient (Wildman–Crippen LogP) is 5.28. The zero-order chi connectivity index (χ0) is 29.7. The molecule has 1 N–H and O–H groups in total. The molecule has 0 saturated carbocycles. The quantitative estimate of drug-likeness (QED) is 0.352. The minimum Gasteiger partial charge on any atom is -0.350 e. The number of amides is 2. The summed E-state index contributed by atoms with van der Waals surface area (Å²) in [5.41, 5.74) is 3.22. The van der Waals surface area contributed by atoms with Gasteiger partial charge in [0.15, 0.2) is 0 Å². The van der Waals surface area contributed by atoms with Gasteiger partial charge in [0.25, 0.3) is 0 Å². The van der Waals surface area contributed by atoms with Crippen molar-refractivity contribution in [1.29, 1.82) is 0 Å². The van der Waals surface area contributed by atoms with Crippen LogP contribution in [0.25, 0.3) is 0 Å². The zero-order valence-electron chi connectivity index (χ0n) is 23.9. The molecule has 0 unspecified atom stereocenters. The van der Waals surface area contributed by atoms with Gasteiger partial charge in [0.05, 0.1) is 11.9 Å². The number of benzene rings is 3. The van der Waals surface area contributed by atoms with Gasteiger partial charge in [-0.15, -0.1) is 0 Å². The number of carbonyl (C=O) groups excluding carboxylic acids is 2. The fourth-order valence-corrected chi connectivity index (χ4v) is 5.51. The number of hydrogen-bond donors (Lipinski definition) is 1. The molecule has 0 heterocycles. The van der Waals surface area contributed by atoms with Crippen molar-refractivity contribution in [3.63, 3.8) is 0 Å². The summed E-state index contributed by atoms with van der Waals surface area (Å²) < 4.78 is 27.0. The van der Waals surface area contributed by atoms with Crippen LogP contribution in [0.3, 0.4) is 0 Å². The van der Waals surface area contributed by atoms with Crippen LogP contribution in [0.5, 0.6) is 0 Å². The van der Waals surface area contributed by atoms with Crippen LogP contribution >= 0.6 is 11.6 Å². The topological polar surface area (TPSA) is 86.8 Å². The van der Waals surface area contributed by atoms with Crippen molar-refractivity contribution in [1.82, 2.24) is 10.2 Å². The Morgan fingerprint density at radius 1 is 0.925 bits per heavy atom. The van der Waals surface area contributed by atoms with E-state index in [2.05, 4.69) is 5.32 Å². The lowest BCUT2D eigenvalue weighted by atomic mass is 10.0. The van der Waals surface area contributed by atoms with Crippen LogP contribution in [0, 0.1) is 13.8 Å².